The normalized spacial score (nSPS) is 15.2. The van der Waals surface area contributed by atoms with Crippen LogP contribution >= 0.6 is 11.6 Å². The third kappa shape index (κ3) is 5.60. The van der Waals surface area contributed by atoms with E-state index < -0.39 is 0 Å². The summed E-state index contributed by atoms with van der Waals surface area (Å²) in [6.07, 6.45) is 4.01. The van der Waals surface area contributed by atoms with E-state index in [9.17, 15) is 4.79 Å². The molecule has 1 amide bonds. The van der Waals surface area contributed by atoms with E-state index in [0.29, 0.717) is 0 Å². The molecule has 4 nitrogen and oxygen atoms in total. The number of halogens is 1. The molecule has 1 heterocycles. The average Bonchev–Trinajstić information content (AvgIpc) is 2.70. The molecule has 0 atom stereocenters. The number of allylic oxidation sites excluding steroid dienone is 1. The summed E-state index contributed by atoms with van der Waals surface area (Å²) in [5.74, 6) is 0.812. The summed E-state index contributed by atoms with van der Waals surface area (Å²) in [4.78, 5) is 16.8. The monoisotopic (exact) mass is 398 g/mol. The highest BCUT2D eigenvalue weighted by atomic mass is 35.5. The Labute approximate surface area is 172 Å². The SMILES string of the molecule is CC=Cc1ccc(C)c(OCC(=O)N2CCN(Cc3ccc(Cl)cc3)CC2)c1. The minimum absolute atomic E-state index is 0.0435. The minimum atomic E-state index is 0.0435. The maximum atomic E-state index is 12.5. The lowest BCUT2D eigenvalue weighted by Gasteiger charge is -2.34. The van der Waals surface area contributed by atoms with Gasteiger partial charge in [0.2, 0.25) is 0 Å². The van der Waals surface area contributed by atoms with Crippen molar-refractivity contribution in [2.24, 2.45) is 0 Å². The van der Waals surface area contributed by atoms with Crippen LogP contribution in [0.4, 0.5) is 0 Å². The molecule has 2 aromatic carbocycles. The van der Waals surface area contributed by atoms with E-state index in [4.69, 9.17) is 16.3 Å². The van der Waals surface area contributed by atoms with Gasteiger partial charge in [0.1, 0.15) is 5.75 Å². The summed E-state index contributed by atoms with van der Waals surface area (Å²) in [5, 5.41) is 0.755. The molecule has 1 fully saturated rings. The van der Waals surface area contributed by atoms with Gasteiger partial charge in [0, 0.05) is 37.7 Å². The fourth-order valence-electron chi connectivity index (χ4n) is 3.30. The Kier molecular flexibility index (Phi) is 7.12. The van der Waals surface area contributed by atoms with Crippen molar-refractivity contribution in [2.45, 2.75) is 20.4 Å². The Morgan fingerprint density at radius 1 is 1.11 bits per heavy atom. The van der Waals surface area contributed by atoms with Crippen LogP contribution in [0.5, 0.6) is 5.75 Å². The van der Waals surface area contributed by atoms with Gasteiger partial charge < -0.3 is 9.64 Å². The highest BCUT2D eigenvalue weighted by Gasteiger charge is 2.21. The first-order chi connectivity index (χ1) is 13.5. The van der Waals surface area contributed by atoms with Crippen molar-refractivity contribution in [3.05, 3.63) is 70.3 Å². The van der Waals surface area contributed by atoms with Gasteiger partial charge in [-0.25, -0.2) is 0 Å². The number of carbonyl (C=O) groups excluding carboxylic acids is 1. The first-order valence-corrected chi connectivity index (χ1v) is 10.0. The van der Waals surface area contributed by atoms with Crippen LogP contribution < -0.4 is 4.74 Å². The van der Waals surface area contributed by atoms with Crippen molar-refractivity contribution in [3.8, 4) is 5.75 Å². The van der Waals surface area contributed by atoms with E-state index in [-0.39, 0.29) is 12.5 Å². The van der Waals surface area contributed by atoms with Gasteiger partial charge in [0.05, 0.1) is 0 Å². The van der Waals surface area contributed by atoms with Gasteiger partial charge in [0.15, 0.2) is 6.61 Å². The van der Waals surface area contributed by atoms with Crippen molar-refractivity contribution < 1.29 is 9.53 Å². The number of ether oxygens (including phenoxy) is 1. The van der Waals surface area contributed by atoms with Gasteiger partial charge in [-0.05, 0) is 48.7 Å². The van der Waals surface area contributed by atoms with Gasteiger partial charge in [-0.15, -0.1) is 0 Å². The Morgan fingerprint density at radius 2 is 1.82 bits per heavy atom. The number of hydrogen-bond acceptors (Lipinski definition) is 3. The van der Waals surface area contributed by atoms with Gasteiger partial charge >= 0.3 is 0 Å². The zero-order valence-electron chi connectivity index (χ0n) is 16.5. The van der Waals surface area contributed by atoms with Crippen molar-refractivity contribution in [3.63, 3.8) is 0 Å². The molecule has 0 unspecified atom stereocenters. The maximum absolute atomic E-state index is 12.5. The van der Waals surface area contributed by atoms with Gasteiger partial charge in [-0.2, -0.15) is 0 Å². The number of hydrogen-bond donors (Lipinski definition) is 0. The standard InChI is InChI=1S/C23H27ClN2O2/c1-3-4-19-6-5-18(2)22(15-19)28-17-23(27)26-13-11-25(12-14-26)16-20-7-9-21(24)10-8-20/h3-10,15H,11-14,16-17H2,1-2H3. The second-order valence-corrected chi connectivity index (χ2v) is 7.53. The van der Waals surface area contributed by atoms with E-state index >= 15 is 0 Å². The molecule has 0 aliphatic carbocycles. The molecule has 1 saturated heterocycles. The molecule has 5 heteroatoms. The molecule has 28 heavy (non-hydrogen) atoms. The predicted octanol–water partition coefficient (Wildman–Crippen LogP) is 4.40. The minimum Gasteiger partial charge on any atom is -0.483 e. The molecule has 2 aromatic rings. The molecule has 1 aliphatic rings. The van der Waals surface area contributed by atoms with Crippen molar-refractivity contribution >= 4 is 23.6 Å². The molecule has 0 aromatic heterocycles. The van der Waals surface area contributed by atoms with Crippen LogP contribution in [0.15, 0.2) is 48.5 Å². The number of benzene rings is 2. The molecule has 0 bridgehead atoms. The van der Waals surface area contributed by atoms with Crippen molar-refractivity contribution in [1.82, 2.24) is 9.80 Å². The fourth-order valence-corrected chi connectivity index (χ4v) is 3.43. The summed E-state index contributed by atoms with van der Waals surface area (Å²) in [6, 6.07) is 14.0. The second-order valence-electron chi connectivity index (χ2n) is 7.10. The lowest BCUT2D eigenvalue weighted by Crippen LogP contribution is -2.49. The van der Waals surface area contributed by atoms with Crippen LogP contribution in [0.3, 0.4) is 0 Å². The summed E-state index contributed by atoms with van der Waals surface area (Å²) in [5.41, 5.74) is 3.35. The molecular weight excluding hydrogens is 372 g/mol. The van der Waals surface area contributed by atoms with Crippen molar-refractivity contribution in [2.75, 3.05) is 32.8 Å². The summed E-state index contributed by atoms with van der Waals surface area (Å²) in [6.45, 7) is 8.13. The molecule has 0 N–H and O–H groups in total. The number of rotatable bonds is 6. The first kappa shape index (κ1) is 20.4. The Hall–Kier alpha value is -2.30. The summed E-state index contributed by atoms with van der Waals surface area (Å²) in [7, 11) is 0. The zero-order valence-corrected chi connectivity index (χ0v) is 17.3. The smallest absolute Gasteiger partial charge is 0.260 e. The van der Waals surface area contributed by atoms with Crippen LogP contribution in [-0.2, 0) is 11.3 Å². The molecule has 0 saturated carbocycles. The molecule has 0 radical (unpaired) electrons. The number of amides is 1. The van der Waals surface area contributed by atoms with E-state index in [1.165, 1.54) is 5.56 Å². The van der Waals surface area contributed by atoms with Gasteiger partial charge in [0.25, 0.3) is 5.91 Å². The number of carbonyl (C=O) groups is 1. The van der Waals surface area contributed by atoms with Gasteiger partial charge in [-0.3, -0.25) is 9.69 Å². The lowest BCUT2D eigenvalue weighted by atomic mass is 10.1. The molecule has 148 valence electrons. The van der Waals surface area contributed by atoms with Crippen LogP contribution in [0.25, 0.3) is 6.08 Å². The molecule has 1 aliphatic heterocycles. The molecular formula is C23H27ClN2O2. The number of nitrogens with zero attached hydrogens (tertiary/aromatic N) is 2. The van der Waals surface area contributed by atoms with Crippen molar-refractivity contribution in [1.29, 1.82) is 0 Å². The second kappa shape index (κ2) is 9.76. The highest BCUT2D eigenvalue weighted by Crippen LogP contribution is 2.21. The zero-order chi connectivity index (χ0) is 19.9. The fraction of sp³-hybridized carbons (Fsp3) is 0.348. The van der Waals surface area contributed by atoms with E-state index in [0.717, 1.165) is 54.6 Å². The van der Waals surface area contributed by atoms with Crippen LogP contribution in [0.1, 0.15) is 23.6 Å². The first-order valence-electron chi connectivity index (χ1n) is 9.66. The third-order valence-corrected chi connectivity index (χ3v) is 5.22. The lowest BCUT2D eigenvalue weighted by molar-refractivity contribution is -0.135. The summed E-state index contributed by atoms with van der Waals surface area (Å²) >= 11 is 5.94. The number of piperazine rings is 1. The van der Waals surface area contributed by atoms with E-state index in [1.807, 2.05) is 61.2 Å². The van der Waals surface area contributed by atoms with Crippen LogP contribution in [0.2, 0.25) is 5.02 Å². The quantitative estimate of drug-likeness (QED) is 0.722. The third-order valence-electron chi connectivity index (χ3n) is 4.97. The molecule has 0 spiro atoms. The Morgan fingerprint density at radius 3 is 2.50 bits per heavy atom. The maximum Gasteiger partial charge on any atom is 0.260 e. The summed E-state index contributed by atoms with van der Waals surface area (Å²) < 4.78 is 5.82. The van der Waals surface area contributed by atoms with Gasteiger partial charge in [-0.1, -0.05) is 48.0 Å². The molecule has 3 rings (SSSR count). The Bertz CT molecular complexity index is 825. The number of aryl methyl sites for hydroxylation is 1. The van der Waals surface area contributed by atoms with E-state index in [2.05, 4.69) is 17.0 Å². The highest BCUT2D eigenvalue weighted by molar-refractivity contribution is 6.30. The average molecular weight is 399 g/mol. The topological polar surface area (TPSA) is 32.8 Å². The Balaban J connectivity index is 1.47. The van der Waals surface area contributed by atoms with E-state index in [1.54, 1.807) is 0 Å². The predicted molar refractivity (Wildman–Crippen MR) is 115 cm³/mol. The van der Waals surface area contributed by atoms with Crippen LogP contribution in [0, 0.1) is 6.92 Å². The largest absolute Gasteiger partial charge is 0.483 e. The van der Waals surface area contributed by atoms with Crippen LogP contribution in [-0.4, -0.2) is 48.5 Å².